The van der Waals surface area contributed by atoms with Crippen molar-refractivity contribution in [1.29, 1.82) is 0 Å². The Morgan fingerprint density at radius 3 is 2.95 bits per heavy atom. The average Bonchev–Trinajstić information content (AvgIpc) is 2.92. The lowest BCUT2D eigenvalue weighted by atomic mass is 9.99. The number of rotatable bonds is 4. The summed E-state index contributed by atoms with van der Waals surface area (Å²) in [5.74, 6) is 0. The number of halogens is 1. The summed E-state index contributed by atoms with van der Waals surface area (Å²) in [5.41, 5.74) is 1.19. The fraction of sp³-hybridized carbons (Fsp3) is 0.467. The van der Waals surface area contributed by atoms with Crippen LogP contribution in [0.5, 0.6) is 0 Å². The van der Waals surface area contributed by atoms with Crippen LogP contribution in [0.2, 0.25) is 5.02 Å². The molecule has 1 fully saturated rings. The van der Waals surface area contributed by atoms with E-state index in [1.54, 1.807) is 6.20 Å². The van der Waals surface area contributed by atoms with Gasteiger partial charge in [0.05, 0.1) is 29.5 Å². The Labute approximate surface area is 124 Å². The van der Waals surface area contributed by atoms with Gasteiger partial charge in [0, 0.05) is 18.9 Å². The summed E-state index contributed by atoms with van der Waals surface area (Å²) in [7, 11) is 0. The van der Waals surface area contributed by atoms with Gasteiger partial charge in [-0.05, 0) is 31.5 Å². The average molecular weight is 291 g/mol. The molecule has 1 aliphatic heterocycles. The number of piperidine rings is 1. The van der Waals surface area contributed by atoms with E-state index in [0.29, 0.717) is 11.1 Å². The van der Waals surface area contributed by atoms with Gasteiger partial charge in [0.1, 0.15) is 0 Å². The molecule has 3 rings (SSSR count). The Balaban J connectivity index is 1.66. The molecule has 0 N–H and O–H groups in total. The summed E-state index contributed by atoms with van der Waals surface area (Å²) in [6, 6.07) is 6.62. The molecule has 0 amide bonds. The van der Waals surface area contributed by atoms with Gasteiger partial charge in [-0.1, -0.05) is 24.1 Å². The Morgan fingerprint density at radius 2 is 2.20 bits per heavy atom. The number of hydrogen-bond donors (Lipinski definition) is 0. The zero-order valence-corrected chi connectivity index (χ0v) is 12.2. The lowest BCUT2D eigenvalue weighted by Gasteiger charge is -2.35. The quantitative estimate of drug-likeness (QED) is 0.867. The molecule has 0 spiro atoms. The first kappa shape index (κ1) is 13.6. The second-order valence-electron chi connectivity index (χ2n) is 5.22. The van der Waals surface area contributed by atoms with Crippen LogP contribution in [0.15, 0.2) is 36.8 Å². The van der Waals surface area contributed by atoms with Crippen LogP contribution in [0.25, 0.3) is 0 Å². The number of pyridine rings is 1. The highest BCUT2D eigenvalue weighted by Crippen LogP contribution is 2.29. The standard InChI is InChI=1S/C15H19ClN4/c16-13-11-18-20(12-13)10-9-19-8-4-2-6-15(19)14-5-1-3-7-17-14/h1,3,5,7,11-12,15H,2,4,6,8-10H2. The predicted molar refractivity (Wildman–Crippen MR) is 79.6 cm³/mol. The second kappa shape index (κ2) is 6.37. The SMILES string of the molecule is Clc1cnn(CCN2CCCCC2c2ccccn2)c1. The summed E-state index contributed by atoms with van der Waals surface area (Å²) in [6.45, 7) is 2.99. The topological polar surface area (TPSA) is 34.0 Å². The molecule has 20 heavy (non-hydrogen) atoms. The monoisotopic (exact) mass is 290 g/mol. The minimum Gasteiger partial charge on any atom is -0.293 e. The van der Waals surface area contributed by atoms with Crippen LogP contribution in [0.3, 0.4) is 0 Å². The van der Waals surface area contributed by atoms with Gasteiger partial charge in [0.2, 0.25) is 0 Å². The van der Waals surface area contributed by atoms with Crippen molar-refractivity contribution >= 4 is 11.6 Å². The van der Waals surface area contributed by atoms with Crippen molar-refractivity contribution in [2.45, 2.75) is 31.8 Å². The van der Waals surface area contributed by atoms with Crippen LogP contribution in [0, 0.1) is 0 Å². The molecule has 106 valence electrons. The Hall–Kier alpha value is -1.39. The van der Waals surface area contributed by atoms with Crippen molar-refractivity contribution in [3.05, 3.63) is 47.5 Å². The zero-order valence-electron chi connectivity index (χ0n) is 11.5. The molecular formula is C15H19ClN4. The smallest absolute Gasteiger partial charge is 0.0785 e. The third-order valence-corrected chi connectivity index (χ3v) is 4.06. The molecule has 0 saturated carbocycles. The van der Waals surface area contributed by atoms with Gasteiger partial charge in [0.15, 0.2) is 0 Å². The van der Waals surface area contributed by atoms with Crippen LogP contribution in [-0.2, 0) is 6.54 Å². The molecule has 1 saturated heterocycles. The second-order valence-corrected chi connectivity index (χ2v) is 5.66. The highest BCUT2D eigenvalue weighted by atomic mass is 35.5. The molecule has 1 atom stereocenters. The van der Waals surface area contributed by atoms with Crippen LogP contribution in [0.4, 0.5) is 0 Å². The Bertz CT molecular complexity index is 540. The van der Waals surface area contributed by atoms with Crippen LogP contribution in [-0.4, -0.2) is 32.8 Å². The van der Waals surface area contributed by atoms with Crippen molar-refractivity contribution in [3.63, 3.8) is 0 Å². The van der Waals surface area contributed by atoms with E-state index in [9.17, 15) is 0 Å². The highest BCUT2D eigenvalue weighted by molar-refractivity contribution is 6.30. The van der Waals surface area contributed by atoms with Gasteiger partial charge in [-0.15, -0.1) is 0 Å². The summed E-state index contributed by atoms with van der Waals surface area (Å²) in [5, 5.41) is 4.94. The van der Waals surface area contributed by atoms with Gasteiger partial charge in [-0.3, -0.25) is 14.6 Å². The third-order valence-electron chi connectivity index (χ3n) is 3.86. The lowest BCUT2D eigenvalue weighted by molar-refractivity contribution is 0.138. The van der Waals surface area contributed by atoms with E-state index in [4.69, 9.17) is 11.6 Å². The third kappa shape index (κ3) is 3.19. The lowest BCUT2D eigenvalue weighted by Crippen LogP contribution is -2.36. The number of nitrogens with zero attached hydrogens (tertiary/aromatic N) is 4. The van der Waals surface area contributed by atoms with Crippen molar-refractivity contribution in [3.8, 4) is 0 Å². The first-order valence-corrected chi connectivity index (χ1v) is 7.53. The maximum Gasteiger partial charge on any atom is 0.0785 e. The molecule has 0 aromatic carbocycles. The largest absolute Gasteiger partial charge is 0.293 e. The first-order valence-electron chi connectivity index (χ1n) is 7.16. The van der Waals surface area contributed by atoms with Gasteiger partial charge < -0.3 is 0 Å². The van der Waals surface area contributed by atoms with E-state index in [-0.39, 0.29) is 0 Å². The minimum atomic E-state index is 0.441. The summed E-state index contributed by atoms with van der Waals surface area (Å²) < 4.78 is 1.91. The molecule has 4 nitrogen and oxygen atoms in total. The summed E-state index contributed by atoms with van der Waals surface area (Å²) in [6.07, 6.45) is 9.19. The number of likely N-dealkylation sites (tertiary alicyclic amines) is 1. The van der Waals surface area contributed by atoms with E-state index in [2.05, 4.69) is 27.1 Å². The van der Waals surface area contributed by atoms with E-state index in [0.717, 1.165) is 19.6 Å². The fourth-order valence-electron chi connectivity index (χ4n) is 2.86. The molecule has 0 bridgehead atoms. The van der Waals surface area contributed by atoms with E-state index in [1.807, 2.05) is 23.1 Å². The Kier molecular flexibility index (Phi) is 4.33. The van der Waals surface area contributed by atoms with Gasteiger partial charge in [-0.25, -0.2) is 0 Å². The maximum absolute atomic E-state index is 5.90. The molecule has 0 aliphatic carbocycles. The van der Waals surface area contributed by atoms with E-state index < -0.39 is 0 Å². The molecular weight excluding hydrogens is 272 g/mol. The van der Waals surface area contributed by atoms with Crippen LogP contribution >= 0.6 is 11.6 Å². The minimum absolute atomic E-state index is 0.441. The molecule has 2 aromatic heterocycles. The molecule has 5 heteroatoms. The van der Waals surface area contributed by atoms with Gasteiger partial charge >= 0.3 is 0 Å². The highest BCUT2D eigenvalue weighted by Gasteiger charge is 2.24. The first-order chi connectivity index (χ1) is 9.83. The van der Waals surface area contributed by atoms with Gasteiger partial charge in [-0.2, -0.15) is 5.10 Å². The molecule has 1 unspecified atom stereocenters. The van der Waals surface area contributed by atoms with E-state index >= 15 is 0 Å². The molecule has 2 aromatic rings. The van der Waals surface area contributed by atoms with Crippen LogP contribution in [0.1, 0.15) is 31.0 Å². The van der Waals surface area contributed by atoms with E-state index in [1.165, 1.54) is 25.0 Å². The molecule has 0 radical (unpaired) electrons. The van der Waals surface area contributed by atoms with Crippen LogP contribution < -0.4 is 0 Å². The normalized spacial score (nSPS) is 20.1. The number of hydrogen-bond acceptors (Lipinski definition) is 3. The fourth-order valence-corrected chi connectivity index (χ4v) is 3.01. The van der Waals surface area contributed by atoms with Gasteiger partial charge in [0.25, 0.3) is 0 Å². The van der Waals surface area contributed by atoms with Crippen molar-refractivity contribution in [2.24, 2.45) is 0 Å². The Morgan fingerprint density at radius 1 is 1.25 bits per heavy atom. The van der Waals surface area contributed by atoms with Crippen molar-refractivity contribution in [2.75, 3.05) is 13.1 Å². The summed E-state index contributed by atoms with van der Waals surface area (Å²) >= 11 is 5.90. The molecule has 1 aliphatic rings. The molecule has 3 heterocycles. The predicted octanol–water partition coefficient (Wildman–Crippen LogP) is 3.16. The number of aromatic nitrogens is 3. The zero-order chi connectivity index (χ0) is 13.8. The summed E-state index contributed by atoms with van der Waals surface area (Å²) in [4.78, 5) is 7.04. The van der Waals surface area contributed by atoms with Crippen molar-refractivity contribution in [1.82, 2.24) is 19.7 Å². The van der Waals surface area contributed by atoms with Crippen molar-refractivity contribution < 1.29 is 0 Å². The maximum atomic E-state index is 5.90.